The van der Waals surface area contributed by atoms with E-state index in [1.165, 1.54) is 5.56 Å². The molecule has 0 saturated carbocycles. The number of hydrogen-bond donors (Lipinski definition) is 0. The van der Waals surface area contributed by atoms with E-state index in [4.69, 9.17) is 16.7 Å². The summed E-state index contributed by atoms with van der Waals surface area (Å²) < 4.78 is 0.333. The van der Waals surface area contributed by atoms with Crippen LogP contribution in [0, 0.1) is 0 Å². The number of benzene rings is 2. The van der Waals surface area contributed by atoms with Crippen LogP contribution in [-0.2, 0) is 11.2 Å². The van der Waals surface area contributed by atoms with Crippen LogP contribution in [0.25, 0.3) is 0 Å². The third-order valence-corrected chi connectivity index (χ3v) is 8.01. The van der Waals surface area contributed by atoms with Crippen molar-refractivity contribution in [2.24, 2.45) is 5.10 Å². The fourth-order valence-electron chi connectivity index (χ4n) is 3.37. The summed E-state index contributed by atoms with van der Waals surface area (Å²) in [5.41, 5.74) is 2.20. The zero-order valence-corrected chi connectivity index (χ0v) is 18.3. The molecule has 2 aromatic rings. The molecule has 0 radical (unpaired) electrons. The van der Waals surface area contributed by atoms with Gasteiger partial charge in [-0.3, -0.25) is 0 Å². The molecule has 142 valence electrons. The number of likely N-dealkylation sites (N-methyl/N-ethyl adjacent to an activating group) is 1. The van der Waals surface area contributed by atoms with Crippen molar-refractivity contribution in [1.29, 1.82) is 0 Å². The number of hydrogen-bond acceptors (Lipinski definition) is 4. The number of halogens is 1. The second kappa shape index (κ2) is 8.57. The molecule has 0 aliphatic carbocycles. The number of nitrogens with zero attached hydrogens (tertiary/aromatic N) is 3. The SMILES string of the molecule is CCN(CC)C1(Cc2ccc(Cl)cc2)[Se]C(C(C)=O)=NN1c1ccccc1. The summed E-state index contributed by atoms with van der Waals surface area (Å²) in [5, 5.41) is 7.61. The van der Waals surface area contributed by atoms with Gasteiger partial charge in [-0.05, 0) is 0 Å². The van der Waals surface area contributed by atoms with Crippen LogP contribution >= 0.6 is 11.6 Å². The first-order chi connectivity index (χ1) is 13.0. The van der Waals surface area contributed by atoms with E-state index in [1.807, 2.05) is 30.3 Å². The fraction of sp³-hybridized carbons (Fsp3) is 0.333. The van der Waals surface area contributed by atoms with Crippen molar-refractivity contribution in [2.75, 3.05) is 18.1 Å². The van der Waals surface area contributed by atoms with Crippen LogP contribution in [0.4, 0.5) is 5.69 Å². The fourth-order valence-corrected chi connectivity index (χ4v) is 6.50. The van der Waals surface area contributed by atoms with Crippen molar-refractivity contribution in [3.8, 4) is 0 Å². The summed E-state index contributed by atoms with van der Waals surface area (Å²) in [6, 6.07) is 18.1. The van der Waals surface area contributed by atoms with Crippen molar-refractivity contribution in [1.82, 2.24) is 4.90 Å². The summed E-state index contributed by atoms with van der Waals surface area (Å²) in [4.78, 5) is 14.7. The van der Waals surface area contributed by atoms with E-state index >= 15 is 0 Å². The van der Waals surface area contributed by atoms with E-state index in [9.17, 15) is 4.79 Å². The van der Waals surface area contributed by atoms with Crippen molar-refractivity contribution < 1.29 is 4.79 Å². The summed E-state index contributed by atoms with van der Waals surface area (Å²) in [6.07, 6.45) is 0.779. The van der Waals surface area contributed by atoms with Gasteiger partial charge in [0.15, 0.2) is 0 Å². The molecule has 1 atom stereocenters. The van der Waals surface area contributed by atoms with Gasteiger partial charge in [-0.1, -0.05) is 0 Å². The Morgan fingerprint density at radius 2 is 1.74 bits per heavy atom. The Labute approximate surface area is 172 Å². The van der Waals surface area contributed by atoms with Crippen molar-refractivity contribution in [3.05, 3.63) is 65.2 Å². The predicted octanol–water partition coefficient (Wildman–Crippen LogP) is 4.01. The molecule has 1 aliphatic rings. The normalized spacial score (nSPS) is 19.4. The van der Waals surface area contributed by atoms with Crippen LogP contribution in [0.3, 0.4) is 0 Å². The minimum absolute atomic E-state index is 0.0565. The maximum absolute atomic E-state index is 12.2. The summed E-state index contributed by atoms with van der Waals surface area (Å²) in [5.74, 6) is 0.0565. The van der Waals surface area contributed by atoms with Crippen LogP contribution in [0.15, 0.2) is 59.7 Å². The third kappa shape index (κ3) is 4.12. The number of para-hydroxylation sites is 1. The topological polar surface area (TPSA) is 35.9 Å². The van der Waals surface area contributed by atoms with E-state index in [1.54, 1.807) is 6.92 Å². The van der Waals surface area contributed by atoms with Gasteiger partial charge < -0.3 is 0 Å². The Hall–Kier alpha value is -1.65. The minimum atomic E-state index is -0.354. The number of anilines is 1. The number of ketones is 1. The quantitative estimate of drug-likeness (QED) is 0.601. The second-order valence-electron chi connectivity index (χ2n) is 6.43. The first kappa shape index (κ1) is 20.1. The van der Waals surface area contributed by atoms with Crippen molar-refractivity contribution in [3.63, 3.8) is 0 Å². The van der Waals surface area contributed by atoms with E-state index in [-0.39, 0.29) is 25.3 Å². The summed E-state index contributed by atoms with van der Waals surface area (Å²) >= 11 is 5.97. The molecule has 1 heterocycles. The molecule has 1 unspecified atom stereocenters. The zero-order chi connectivity index (χ0) is 19.4. The molecule has 4 nitrogen and oxygen atoms in total. The number of hydrazone groups is 1. The van der Waals surface area contributed by atoms with Crippen LogP contribution < -0.4 is 5.01 Å². The van der Waals surface area contributed by atoms with Gasteiger partial charge in [-0.15, -0.1) is 0 Å². The zero-order valence-electron chi connectivity index (χ0n) is 15.9. The molecule has 0 spiro atoms. The Bertz CT molecular complexity index is 821. The van der Waals surface area contributed by atoms with Crippen molar-refractivity contribution >= 4 is 42.6 Å². The Morgan fingerprint density at radius 3 is 2.30 bits per heavy atom. The molecular formula is C21H24ClN3OSe. The van der Waals surface area contributed by atoms with E-state index < -0.39 is 0 Å². The van der Waals surface area contributed by atoms with Crippen LogP contribution in [0.5, 0.6) is 0 Å². The molecule has 1 aliphatic heterocycles. The van der Waals surface area contributed by atoms with E-state index in [2.05, 4.69) is 48.0 Å². The van der Waals surface area contributed by atoms with Gasteiger partial charge in [-0.2, -0.15) is 0 Å². The Morgan fingerprint density at radius 1 is 1.11 bits per heavy atom. The molecule has 0 N–H and O–H groups in total. The van der Waals surface area contributed by atoms with Crippen LogP contribution in [-0.4, -0.2) is 47.9 Å². The molecule has 0 saturated heterocycles. The Kier molecular flexibility index (Phi) is 6.38. The number of carbonyl (C=O) groups is 1. The molecular weight excluding hydrogens is 425 g/mol. The standard InChI is InChI=1S/C21H24ClN3OSe/c1-4-24(5-2)21(15-17-11-13-18(22)14-12-17)25(19-9-7-6-8-10-19)23-20(27-21)16(3)26/h6-14H,4-5,15H2,1-3H3. The second-order valence-corrected chi connectivity index (χ2v) is 9.48. The molecule has 2 aromatic carbocycles. The van der Waals surface area contributed by atoms with Gasteiger partial charge in [0.1, 0.15) is 0 Å². The van der Waals surface area contributed by atoms with Gasteiger partial charge in [0, 0.05) is 0 Å². The Balaban J connectivity index is 2.11. The molecule has 0 aromatic heterocycles. The monoisotopic (exact) mass is 449 g/mol. The molecule has 3 rings (SSSR count). The molecule has 0 amide bonds. The van der Waals surface area contributed by atoms with Gasteiger partial charge in [0.05, 0.1) is 0 Å². The first-order valence-electron chi connectivity index (χ1n) is 9.13. The average molecular weight is 449 g/mol. The maximum atomic E-state index is 12.2. The average Bonchev–Trinajstić information content (AvgIpc) is 3.06. The third-order valence-electron chi connectivity index (χ3n) is 4.69. The summed E-state index contributed by atoms with van der Waals surface area (Å²) in [6.45, 7) is 7.71. The molecule has 0 fully saturated rings. The molecule has 27 heavy (non-hydrogen) atoms. The number of Topliss-reactive ketones (excluding diaryl/α,β-unsaturated/α-hetero) is 1. The van der Waals surface area contributed by atoms with Gasteiger partial charge in [0.2, 0.25) is 0 Å². The first-order valence-corrected chi connectivity index (χ1v) is 11.2. The number of rotatable bonds is 7. The van der Waals surface area contributed by atoms with E-state index in [0.717, 1.165) is 30.2 Å². The molecule has 0 bridgehead atoms. The van der Waals surface area contributed by atoms with Gasteiger partial charge in [-0.25, -0.2) is 0 Å². The van der Waals surface area contributed by atoms with Gasteiger partial charge in [0.25, 0.3) is 0 Å². The van der Waals surface area contributed by atoms with Crippen LogP contribution in [0.1, 0.15) is 26.3 Å². The summed E-state index contributed by atoms with van der Waals surface area (Å²) in [7, 11) is 0. The van der Waals surface area contributed by atoms with Crippen molar-refractivity contribution in [2.45, 2.75) is 31.8 Å². The number of carbonyl (C=O) groups excluding carboxylic acids is 1. The van der Waals surface area contributed by atoms with Crippen LogP contribution in [0.2, 0.25) is 5.02 Å². The van der Waals surface area contributed by atoms with E-state index in [0.29, 0.717) is 4.61 Å². The molecule has 6 heteroatoms. The van der Waals surface area contributed by atoms with Gasteiger partial charge >= 0.3 is 172 Å². The predicted molar refractivity (Wildman–Crippen MR) is 114 cm³/mol.